The summed E-state index contributed by atoms with van der Waals surface area (Å²) in [6.07, 6.45) is 5.98. The number of carbonyl (C=O) groups excluding carboxylic acids is 2. The van der Waals surface area contributed by atoms with Gasteiger partial charge in [0.25, 0.3) is 0 Å². The molecule has 4 rings (SSSR count). The van der Waals surface area contributed by atoms with Gasteiger partial charge in [-0.05, 0) is 18.4 Å². The van der Waals surface area contributed by atoms with Gasteiger partial charge in [-0.3, -0.25) is 15.0 Å². The lowest BCUT2D eigenvalue weighted by Crippen LogP contribution is -2.48. The molecule has 0 unspecified atom stereocenters. The minimum absolute atomic E-state index is 0.0999. The first-order valence-corrected chi connectivity index (χ1v) is 12.1. The molecule has 7 nitrogen and oxygen atoms in total. The predicted octanol–water partition coefficient (Wildman–Crippen LogP) is 3.48. The lowest BCUT2D eigenvalue weighted by molar-refractivity contribution is -0.132. The molecule has 1 aromatic carbocycles. The average Bonchev–Trinajstić information content (AvgIpc) is 3.22. The molecule has 1 aliphatic heterocycles. The number of thiazole rings is 1. The maximum Gasteiger partial charge on any atom is 0.321 e. The fourth-order valence-corrected chi connectivity index (χ4v) is 4.98. The van der Waals surface area contributed by atoms with Crippen LogP contribution in [0, 0.1) is 0 Å². The summed E-state index contributed by atoms with van der Waals surface area (Å²) in [7, 11) is 0. The zero-order valence-electron chi connectivity index (χ0n) is 17.9. The van der Waals surface area contributed by atoms with Crippen molar-refractivity contribution in [3.05, 3.63) is 47.0 Å². The molecule has 2 heterocycles. The predicted molar refractivity (Wildman–Crippen MR) is 123 cm³/mol. The maximum absolute atomic E-state index is 12.7. The van der Waals surface area contributed by atoms with E-state index in [1.165, 1.54) is 36.2 Å². The van der Waals surface area contributed by atoms with E-state index in [1.807, 2.05) is 16.3 Å². The van der Waals surface area contributed by atoms with E-state index in [2.05, 4.69) is 44.8 Å². The number of piperazine rings is 1. The molecule has 1 saturated carbocycles. The van der Waals surface area contributed by atoms with Crippen LogP contribution in [0.5, 0.6) is 0 Å². The molecule has 2 aliphatic rings. The van der Waals surface area contributed by atoms with E-state index < -0.39 is 0 Å². The van der Waals surface area contributed by atoms with E-state index >= 15 is 0 Å². The Labute approximate surface area is 187 Å². The first-order chi connectivity index (χ1) is 15.2. The largest absolute Gasteiger partial charge is 0.340 e. The van der Waals surface area contributed by atoms with Gasteiger partial charge in [0.05, 0.1) is 12.1 Å². The second kappa shape index (κ2) is 10.7. The highest BCUT2D eigenvalue weighted by Gasteiger charge is 2.22. The van der Waals surface area contributed by atoms with Gasteiger partial charge in [0.1, 0.15) is 0 Å². The Morgan fingerprint density at radius 2 is 1.77 bits per heavy atom. The summed E-state index contributed by atoms with van der Waals surface area (Å²) < 4.78 is 0. The highest BCUT2D eigenvalue weighted by molar-refractivity contribution is 7.13. The van der Waals surface area contributed by atoms with E-state index in [0.29, 0.717) is 5.13 Å². The molecule has 1 aromatic heterocycles. The Kier molecular flexibility index (Phi) is 7.53. The molecule has 166 valence electrons. The fourth-order valence-electron chi connectivity index (χ4n) is 4.27. The summed E-state index contributed by atoms with van der Waals surface area (Å²) in [5.74, 6) is 0.0999. The zero-order chi connectivity index (χ0) is 21.5. The normalized spacial score (nSPS) is 18.0. The maximum atomic E-state index is 12.7. The second-order valence-corrected chi connectivity index (χ2v) is 9.25. The molecule has 1 saturated heterocycles. The van der Waals surface area contributed by atoms with Crippen molar-refractivity contribution in [2.24, 2.45) is 0 Å². The number of amides is 3. The third kappa shape index (κ3) is 6.51. The van der Waals surface area contributed by atoms with Gasteiger partial charge in [-0.1, -0.05) is 49.6 Å². The van der Waals surface area contributed by atoms with Crippen molar-refractivity contribution in [2.45, 2.75) is 51.1 Å². The molecule has 1 aliphatic carbocycles. The molecule has 2 N–H and O–H groups in total. The quantitative estimate of drug-likeness (QED) is 0.719. The van der Waals surface area contributed by atoms with Gasteiger partial charge < -0.3 is 10.2 Å². The SMILES string of the molecule is O=C(Nc1nc(CC(=O)N2CCN(Cc3ccccc3)CC2)cs1)NC1CCCCC1. The molecule has 0 spiro atoms. The molecule has 0 atom stereocenters. The molecule has 3 amide bonds. The molecular weight excluding hydrogens is 410 g/mol. The topological polar surface area (TPSA) is 77.6 Å². The Morgan fingerprint density at radius 1 is 1.03 bits per heavy atom. The monoisotopic (exact) mass is 441 g/mol. The Bertz CT molecular complexity index is 858. The highest BCUT2D eigenvalue weighted by Crippen LogP contribution is 2.19. The molecule has 2 aromatic rings. The first kappa shape index (κ1) is 21.8. The number of nitrogens with zero attached hydrogens (tertiary/aromatic N) is 3. The van der Waals surface area contributed by atoms with E-state index in [4.69, 9.17) is 0 Å². The first-order valence-electron chi connectivity index (χ1n) is 11.2. The van der Waals surface area contributed by atoms with Gasteiger partial charge in [-0.15, -0.1) is 11.3 Å². The van der Waals surface area contributed by atoms with Gasteiger partial charge in [-0.25, -0.2) is 9.78 Å². The summed E-state index contributed by atoms with van der Waals surface area (Å²) in [6.45, 7) is 4.17. The molecular formula is C23H31N5O2S. The molecule has 2 fully saturated rings. The van der Waals surface area contributed by atoms with Crippen molar-refractivity contribution in [2.75, 3.05) is 31.5 Å². The van der Waals surface area contributed by atoms with E-state index in [0.717, 1.165) is 51.3 Å². The fraction of sp³-hybridized carbons (Fsp3) is 0.522. The van der Waals surface area contributed by atoms with Crippen LogP contribution in [0.15, 0.2) is 35.7 Å². The summed E-state index contributed by atoms with van der Waals surface area (Å²) in [6, 6.07) is 10.5. The van der Waals surface area contributed by atoms with Crippen LogP contribution in [-0.2, 0) is 17.8 Å². The van der Waals surface area contributed by atoms with Gasteiger partial charge in [-0.2, -0.15) is 0 Å². The minimum atomic E-state index is -0.200. The van der Waals surface area contributed by atoms with Crippen LogP contribution in [0.3, 0.4) is 0 Å². The van der Waals surface area contributed by atoms with Gasteiger partial charge in [0.15, 0.2) is 5.13 Å². The summed E-state index contributed by atoms with van der Waals surface area (Å²) in [5, 5.41) is 8.25. The number of nitrogens with one attached hydrogen (secondary N) is 2. The van der Waals surface area contributed by atoms with Gasteiger partial charge in [0.2, 0.25) is 5.91 Å². The van der Waals surface area contributed by atoms with Crippen LogP contribution < -0.4 is 10.6 Å². The number of urea groups is 1. The number of aromatic nitrogens is 1. The summed E-state index contributed by atoms with van der Waals surface area (Å²) in [4.78, 5) is 33.6. The summed E-state index contributed by atoms with van der Waals surface area (Å²) >= 11 is 1.37. The van der Waals surface area contributed by atoms with Gasteiger partial charge >= 0.3 is 6.03 Å². The number of carbonyl (C=O) groups is 2. The smallest absolute Gasteiger partial charge is 0.321 e. The van der Waals surface area contributed by atoms with Crippen LogP contribution in [0.4, 0.5) is 9.93 Å². The van der Waals surface area contributed by atoms with Crippen LogP contribution in [-0.4, -0.2) is 58.9 Å². The van der Waals surface area contributed by atoms with Crippen LogP contribution in [0.1, 0.15) is 43.4 Å². The Balaban J connectivity index is 1.19. The molecule has 31 heavy (non-hydrogen) atoms. The van der Waals surface area contributed by atoms with Crippen molar-refractivity contribution in [1.29, 1.82) is 0 Å². The lowest BCUT2D eigenvalue weighted by Gasteiger charge is -2.34. The van der Waals surface area contributed by atoms with Crippen LogP contribution in [0.2, 0.25) is 0 Å². The molecule has 8 heteroatoms. The number of hydrogen-bond donors (Lipinski definition) is 2. The number of anilines is 1. The number of hydrogen-bond acceptors (Lipinski definition) is 5. The average molecular weight is 442 g/mol. The molecule has 0 radical (unpaired) electrons. The standard InChI is InChI=1S/C23H31N5O2S/c29-21(28-13-11-27(12-14-28)16-18-7-3-1-4-8-18)15-20-17-31-23(25-20)26-22(30)24-19-9-5-2-6-10-19/h1,3-4,7-8,17,19H,2,5-6,9-16H2,(H2,24,25,26,30). The Morgan fingerprint density at radius 3 is 2.52 bits per heavy atom. The third-order valence-electron chi connectivity index (χ3n) is 6.02. The summed E-state index contributed by atoms with van der Waals surface area (Å²) in [5.41, 5.74) is 2.02. The number of benzene rings is 1. The van der Waals surface area contributed by atoms with E-state index in [9.17, 15) is 9.59 Å². The molecule has 0 bridgehead atoms. The third-order valence-corrected chi connectivity index (χ3v) is 6.83. The van der Waals surface area contributed by atoms with Crippen LogP contribution in [0.25, 0.3) is 0 Å². The van der Waals surface area contributed by atoms with Crippen molar-refractivity contribution in [1.82, 2.24) is 20.1 Å². The minimum Gasteiger partial charge on any atom is -0.340 e. The lowest BCUT2D eigenvalue weighted by atomic mass is 9.96. The van der Waals surface area contributed by atoms with E-state index in [-0.39, 0.29) is 24.4 Å². The van der Waals surface area contributed by atoms with E-state index in [1.54, 1.807) is 0 Å². The second-order valence-electron chi connectivity index (χ2n) is 8.40. The Hall–Kier alpha value is -2.45. The zero-order valence-corrected chi connectivity index (χ0v) is 18.7. The van der Waals surface area contributed by atoms with Gasteiger partial charge in [0, 0.05) is 44.1 Å². The van der Waals surface area contributed by atoms with Crippen molar-refractivity contribution in [3.63, 3.8) is 0 Å². The number of rotatable bonds is 6. The highest BCUT2D eigenvalue weighted by atomic mass is 32.1. The van der Waals surface area contributed by atoms with Crippen molar-refractivity contribution >= 4 is 28.4 Å². The van der Waals surface area contributed by atoms with Crippen molar-refractivity contribution in [3.8, 4) is 0 Å². The van der Waals surface area contributed by atoms with Crippen molar-refractivity contribution < 1.29 is 9.59 Å². The van der Waals surface area contributed by atoms with Crippen LogP contribution >= 0.6 is 11.3 Å².